The van der Waals surface area contributed by atoms with Gasteiger partial charge in [0.15, 0.2) is 0 Å². The van der Waals surface area contributed by atoms with E-state index in [4.69, 9.17) is 11.1 Å². The summed E-state index contributed by atoms with van der Waals surface area (Å²) < 4.78 is 27.7. The highest BCUT2D eigenvalue weighted by molar-refractivity contribution is 7.86. The lowest BCUT2D eigenvalue weighted by molar-refractivity contribution is 0.303. The first-order valence-corrected chi connectivity index (χ1v) is 7.74. The zero-order valence-corrected chi connectivity index (χ0v) is 12.2. The third-order valence-electron chi connectivity index (χ3n) is 3.45. The minimum absolute atomic E-state index is 0.00986. The monoisotopic (exact) mass is 276 g/mol. The van der Waals surface area contributed by atoms with E-state index in [0.717, 1.165) is 25.7 Å². The van der Waals surface area contributed by atoms with Crippen molar-refractivity contribution in [3.05, 3.63) is 0 Å². The summed E-state index contributed by atoms with van der Waals surface area (Å²) in [4.78, 5) is 0. The molecule has 0 amide bonds. The molecule has 0 unspecified atom stereocenters. The summed E-state index contributed by atoms with van der Waals surface area (Å²) in [7, 11) is -1.96. The molecule has 0 aromatic rings. The first kappa shape index (κ1) is 15.4. The van der Waals surface area contributed by atoms with Gasteiger partial charge in [-0.2, -0.15) is 17.0 Å². The molecule has 6 nitrogen and oxygen atoms in total. The summed E-state index contributed by atoms with van der Waals surface area (Å²) in [6, 6.07) is -0.119. The van der Waals surface area contributed by atoms with Gasteiger partial charge in [0.2, 0.25) is 0 Å². The largest absolute Gasteiger partial charge is 0.387 e. The van der Waals surface area contributed by atoms with Crippen molar-refractivity contribution in [1.29, 1.82) is 5.41 Å². The molecule has 1 aliphatic carbocycles. The topological polar surface area (TPSA) is 90.5 Å². The normalized spacial score (nSPS) is 18.1. The van der Waals surface area contributed by atoms with Crippen molar-refractivity contribution in [1.82, 2.24) is 8.61 Å². The summed E-state index contributed by atoms with van der Waals surface area (Å²) >= 11 is 0. The molecule has 0 radical (unpaired) electrons. The van der Waals surface area contributed by atoms with Gasteiger partial charge in [-0.1, -0.05) is 12.8 Å². The van der Waals surface area contributed by atoms with E-state index >= 15 is 0 Å². The van der Waals surface area contributed by atoms with Crippen LogP contribution in [0.4, 0.5) is 0 Å². The Balaban J connectivity index is 2.97. The van der Waals surface area contributed by atoms with E-state index in [9.17, 15) is 8.42 Å². The molecule has 0 aliphatic heterocycles. The number of hydrogen-bond donors (Lipinski definition) is 2. The van der Waals surface area contributed by atoms with Crippen LogP contribution in [0.3, 0.4) is 0 Å². The highest BCUT2D eigenvalue weighted by Gasteiger charge is 2.35. The van der Waals surface area contributed by atoms with Crippen molar-refractivity contribution in [2.75, 3.05) is 13.6 Å². The molecule has 0 spiro atoms. The van der Waals surface area contributed by atoms with Gasteiger partial charge in [-0.05, 0) is 26.7 Å². The smallest absolute Gasteiger partial charge is 0.282 e. The van der Waals surface area contributed by atoms with E-state index in [2.05, 4.69) is 0 Å². The number of rotatable bonds is 6. The molecule has 0 aromatic heterocycles. The third-order valence-corrected chi connectivity index (χ3v) is 5.62. The second-order valence-corrected chi connectivity index (χ2v) is 7.07. The average Bonchev–Trinajstić information content (AvgIpc) is 2.77. The van der Waals surface area contributed by atoms with Crippen LogP contribution in [0.5, 0.6) is 0 Å². The Labute approximate surface area is 110 Å². The highest BCUT2D eigenvalue weighted by atomic mass is 32.2. The van der Waals surface area contributed by atoms with Gasteiger partial charge < -0.3 is 5.73 Å². The van der Waals surface area contributed by atoms with Crippen LogP contribution in [0.15, 0.2) is 0 Å². The van der Waals surface area contributed by atoms with Crippen molar-refractivity contribution >= 4 is 16.0 Å². The Hall–Kier alpha value is -0.660. The molecule has 3 N–H and O–H groups in total. The molecular formula is C11H24N4O2S. The van der Waals surface area contributed by atoms with E-state index in [-0.39, 0.29) is 24.5 Å². The summed E-state index contributed by atoms with van der Waals surface area (Å²) in [6.07, 6.45) is 3.80. The minimum Gasteiger partial charge on any atom is -0.387 e. The fourth-order valence-electron chi connectivity index (χ4n) is 2.19. The first-order valence-electron chi connectivity index (χ1n) is 6.34. The summed E-state index contributed by atoms with van der Waals surface area (Å²) in [5.74, 6) is -0.109. The van der Waals surface area contributed by atoms with Gasteiger partial charge in [0.25, 0.3) is 10.2 Å². The van der Waals surface area contributed by atoms with Gasteiger partial charge in [-0.25, -0.2) is 0 Å². The molecule has 1 fully saturated rings. The maximum absolute atomic E-state index is 12.5. The lowest BCUT2D eigenvalue weighted by Crippen LogP contribution is -2.51. The zero-order chi connectivity index (χ0) is 13.9. The van der Waals surface area contributed by atoms with Crippen molar-refractivity contribution in [3.63, 3.8) is 0 Å². The second-order valence-electron chi connectivity index (χ2n) is 5.13. The zero-order valence-electron chi connectivity index (χ0n) is 11.4. The van der Waals surface area contributed by atoms with Crippen LogP contribution in [0.2, 0.25) is 0 Å². The van der Waals surface area contributed by atoms with Crippen LogP contribution in [0.1, 0.15) is 39.5 Å². The van der Waals surface area contributed by atoms with Gasteiger partial charge in [-0.15, -0.1) is 0 Å². The quantitative estimate of drug-likeness (QED) is 0.554. The first-order chi connectivity index (χ1) is 8.26. The number of nitrogens with two attached hydrogens (primary N) is 1. The lowest BCUT2D eigenvalue weighted by Gasteiger charge is -2.33. The van der Waals surface area contributed by atoms with Gasteiger partial charge in [0, 0.05) is 19.1 Å². The standard InChI is InChI=1S/C11H24N4O2S/c1-9(2)14(3)18(16,17)15(8-11(12)13)10-6-4-5-7-10/h9-10H,4-8H2,1-3H3,(H3,12,13). The lowest BCUT2D eigenvalue weighted by atomic mass is 10.2. The Morgan fingerprint density at radius 2 is 1.89 bits per heavy atom. The van der Waals surface area contributed by atoms with Crippen LogP contribution in [0.25, 0.3) is 0 Å². The fraction of sp³-hybridized carbons (Fsp3) is 0.909. The number of hydrogen-bond acceptors (Lipinski definition) is 3. The van der Waals surface area contributed by atoms with Gasteiger partial charge in [0.1, 0.15) is 5.84 Å². The van der Waals surface area contributed by atoms with Crippen LogP contribution >= 0.6 is 0 Å². The van der Waals surface area contributed by atoms with Crippen molar-refractivity contribution in [2.45, 2.75) is 51.6 Å². The highest BCUT2D eigenvalue weighted by Crippen LogP contribution is 2.26. The SMILES string of the molecule is CC(C)N(C)S(=O)(=O)N(CC(=N)N)C1CCCC1. The molecule has 7 heteroatoms. The van der Waals surface area contributed by atoms with Gasteiger partial charge in [0.05, 0.1) is 6.54 Å². The summed E-state index contributed by atoms with van der Waals surface area (Å²) in [6.45, 7) is 3.65. The number of nitrogens with one attached hydrogen (secondary N) is 1. The third kappa shape index (κ3) is 3.43. The Kier molecular flexibility index (Phi) is 5.12. The van der Waals surface area contributed by atoms with Crippen molar-refractivity contribution in [3.8, 4) is 0 Å². The Bertz CT molecular complexity index is 388. The predicted molar refractivity (Wildman–Crippen MR) is 72.7 cm³/mol. The van der Waals surface area contributed by atoms with Crippen LogP contribution < -0.4 is 5.73 Å². The number of amidine groups is 1. The molecule has 0 aromatic carbocycles. The van der Waals surface area contributed by atoms with E-state index in [1.54, 1.807) is 7.05 Å². The summed E-state index contributed by atoms with van der Waals surface area (Å²) in [5.41, 5.74) is 5.39. The Morgan fingerprint density at radius 3 is 2.28 bits per heavy atom. The van der Waals surface area contributed by atoms with Crippen molar-refractivity contribution in [2.24, 2.45) is 5.73 Å². The van der Waals surface area contributed by atoms with Gasteiger partial charge >= 0.3 is 0 Å². The predicted octanol–water partition coefficient (Wildman–Crippen LogP) is 0.752. The fourth-order valence-corrected chi connectivity index (χ4v) is 3.94. The maximum atomic E-state index is 12.5. The summed E-state index contributed by atoms with van der Waals surface area (Å²) in [5, 5.41) is 7.37. The van der Waals surface area contributed by atoms with E-state index in [0.29, 0.717) is 0 Å². The molecule has 0 saturated heterocycles. The van der Waals surface area contributed by atoms with Crippen LogP contribution in [-0.2, 0) is 10.2 Å². The molecule has 18 heavy (non-hydrogen) atoms. The second kappa shape index (κ2) is 5.99. The average molecular weight is 276 g/mol. The van der Waals surface area contributed by atoms with E-state index < -0.39 is 10.2 Å². The molecule has 1 rings (SSSR count). The van der Waals surface area contributed by atoms with E-state index in [1.807, 2.05) is 13.8 Å². The number of nitrogens with zero attached hydrogens (tertiary/aromatic N) is 2. The van der Waals surface area contributed by atoms with Gasteiger partial charge in [-0.3, -0.25) is 5.41 Å². The van der Waals surface area contributed by atoms with Crippen LogP contribution in [-0.4, -0.2) is 48.5 Å². The van der Waals surface area contributed by atoms with E-state index in [1.165, 1.54) is 8.61 Å². The molecule has 106 valence electrons. The molecule has 0 bridgehead atoms. The molecule has 1 saturated carbocycles. The molecule has 0 heterocycles. The molecule has 1 aliphatic rings. The van der Waals surface area contributed by atoms with Crippen molar-refractivity contribution < 1.29 is 8.42 Å². The maximum Gasteiger partial charge on any atom is 0.282 e. The minimum atomic E-state index is -3.53. The molecule has 0 atom stereocenters. The Morgan fingerprint density at radius 1 is 1.39 bits per heavy atom. The molecular weight excluding hydrogens is 252 g/mol. The van der Waals surface area contributed by atoms with Crippen LogP contribution in [0, 0.1) is 5.41 Å².